The number of hydrogen-bond donors (Lipinski definition) is 2. The molecule has 0 spiro atoms. The molecule has 1 aromatic carbocycles. The highest BCUT2D eigenvalue weighted by atomic mass is 16.1. The maximum Gasteiger partial charge on any atom is 0.251 e. The van der Waals surface area contributed by atoms with E-state index < -0.39 is 0 Å². The van der Waals surface area contributed by atoms with Crippen LogP contribution in [0, 0.1) is 0 Å². The van der Waals surface area contributed by atoms with Gasteiger partial charge in [0.25, 0.3) is 5.91 Å². The van der Waals surface area contributed by atoms with E-state index in [4.69, 9.17) is 0 Å². The molecule has 0 saturated carbocycles. The highest BCUT2D eigenvalue weighted by Gasteiger charge is 2.07. The highest BCUT2D eigenvalue weighted by molar-refractivity contribution is 5.96. The van der Waals surface area contributed by atoms with Gasteiger partial charge in [-0.3, -0.25) is 9.59 Å². The van der Waals surface area contributed by atoms with Gasteiger partial charge in [0.05, 0.1) is 0 Å². The Hall–Kier alpha value is -2.73. The molecule has 0 radical (unpaired) electrons. The van der Waals surface area contributed by atoms with Crippen molar-refractivity contribution in [2.45, 2.75) is 13.3 Å². The van der Waals surface area contributed by atoms with Crippen molar-refractivity contribution in [1.82, 2.24) is 15.2 Å². The number of benzene rings is 1. The summed E-state index contributed by atoms with van der Waals surface area (Å²) >= 11 is 0. The van der Waals surface area contributed by atoms with Gasteiger partial charge in [-0.15, -0.1) is 0 Å². The molecule has 1 aromatic heterocycles. The Balaban J connectivity index is 2.00. The normalized spacial score (nSPS) is 10.6. The number of anilines is 2. The molecule has 25 heavy (non-hydrogen) atoms. The van der Waals surface area contributed by atoms with E-state index in [-0.39, 0.29) is 11.7 Å². The molecular weight excluding hydrogens is 316 g/mol. The van der Waals surface area contributed by atoms with Crippen LogP contribution in [0.3, 0.4) is 0 Å². The van der Waals surface area contributed by atoms with E-state index in [2.05, 4.69) is 20.5 Å². The maximum atomic E-state index is 12.2. The fraction of sp³-hybridized carbons (Fsp3) is 0.316. The number of ketones is 1. The van der Waals surface area contributed by atoms with Gasteiger partial charge in [0, 0.05) is 29.6 Å². The Bertz CT molecular complexity index is 744. The Morgan fingerprint density at radius 2 is 1.92 bits per heavy atom. The number of amides is 1. The Morgan fingerprint density at radius 3 is 2.64 bits per heavy atom. The molecule has 0 aliphatic rings. The topological polar surface area (TPSA) is 74.3 Å². The molecule has 2 N–H and O–H groups in total. The van der Waals surface area contributed by atoms with Crippen molar-refractivity contribution in [3.05, 3.63) is 53.7 Å². The molecule has 0 aliphatic heterocycles. The van der Waals surface area contributed by atoms with Crippen molar-refractivity contribution < 1.29 is 9.59 Å². The van der Waals surface area contributed by atoms with Crippen LogP contribution in [0.15, 0.2) is 42.6 Å². The van der Waals surface area contributed by atoms with Crippen LogP contribution >= 0.6 is 0 Å². The zero-order chi connectivity index (χ0) is 18.2. The van der Waals surface area contributed by atoms with Gasteiger partial charge in [-0.05, 0) is 58.3 Å². The quantitative estimate of drug-likeness (QED) is 0.571. The second-order valence-corrected chi connectivity index (χ2v) is 6.10. The molecule has 0 bridgehead atoms. The number of carbonyl (C=O) groups excluding carboxylic acids is 2. The fourth-order valence-corrected chi connectivity index (χ4v) is 2.30. The molecule has 0 atom stereocenters. The average molecular weight is 340 g/mol. The van der Waals surface area contributed by atoms with Crippen LogP contribution in [-0.2, 0) is 0 Å². The first-order valence-corrected chi connectivity index (χ1v) is 8.22. The van der Waals surface area contributed by atoms with Crippen molar-refractivity contribution >= 4 is 23.2 Å². The summed E-state index contributed by atoms with van der Waals surface area (Å²) in [7, 11) is 4.01. The first-order chi connectivity index (χ1) is 12.0. The van der Waals surface area contributed by atoms with Gasteiger partial charge in [0.2, 0.25) is 0 Å². The summed E-state index contributed by atoms with van der Waals surface area (Å²) in [5.74, 6) is 0.436. The van der Waals surface area contributed by atoms with Crippen LogP contribution in [0.25, 0.3) is 0 Å². The van der Waals surface area contributed by atoms with E-state index in [9.17, 15) is 9.59 Å². The Morgan fingerprint density at radius 1 is 1.12 bits per heavy atom. The lowest BCUT2D eigenvalue weighted by molar-refractivity contribution is 0.0951. The van der Waals surface area contributed by atoms with Crippen molar-refractivity contribution in [3.63, 3.8) is 0 Å². The summed E-state index contributed by atoms with van der Waals surface area (Å²) in [6.45, 7) is 3.08. The van der Waals surface area contributed by atoms with E-state index in [0.717, 1.165) is 18.7 Å². The molecule has 132 valence electrons. The molecule has 1 heterocycles. The standard InChI is InChI=1S/C19H24N4O2/c1-14(24)15-6-4-7-17(12-15)22-18-13-16(8-10-20-18)19(25)21-9-5-11-23(2)3/h4,6-8,10,12-13H,5,9,11H2,1-3H3,(H,20,22)(H,21,25). The van der Waals surface area contributed by atoms with E-state index >= 15 is 0 Å². The summed E-state index contributed by atoms with van der Waals surface area (Å²) in [6.07, 6.45) is 2.48. The third-order valence-corrected chi connectivity index (χ3v) is 3.63. The van der Waals surface area contributed by atoms with Crippen molar-refractivity contribution in [1.29, 1.82) is 0 Å². The molecule has 6 heteroatoms. The number of aromatic nitrogens is 1. The average Bonchev–Trinajstić information content (AvgIpc) is 2.59. The van der Waals surface area contributed by atoms with E-state index in [0.29, 0.717) is 23.5 Å². The van der Waals surface area contributed by atoms with Crippen molar-refractivity contribution in [3.8, 4) is 0 Å². The molecule has 2 aromatic rings. The lowest BCUT2D eigenvalue weighted by Gasteiger charge is -2.11. The van der Waals surface area contributed by atoms with Gasteiger partial charge in [-0.1, -0.05) is 12.1 Å². The molecule has 2 rings (SSSR count). The lowest BCUT2D eigenvalue weighted by Crippen LogP contribution is -2.27. The highest BCUT2D eigenvalue weighted by Crippen LogP contribution is 2.17. The minimum Gasteiger partial charge on any atom is -0.352 e. The SMILES string of the molecule is CC(=O)c1cccc(Nc2cc(C(=O)NCCCN(C)C)ccn2)c1. The van der Waals surface area contributed by atoms with E-state index in [1.807, 2.05) is 20.2 Å². The molecule has 0 saturated heterocycles. The van der Waals surface area contributed by atoms with E-state index in [1.165, 1.54) is 6.92 Å². The van der Waals surface area contributed by atoms with Crippen LogP contribution in [-0.4, -0.2) is 48.8 Å². The second kappa shape index (κ2) is 8.94. The largest absolute Gasteiger partial charge is 0.352 e. The summed E-state index contributed by atoms with van der Waals surface area (Å²) in [4.78, 5) is 30.0. The number of hydrogen-bond acceptors (Lipinski definition) is 5. The predicted molar refractivity (Wildman–Crippen MR) is 99.5 cm³/mol. The smallest absolute Gasteiger partial charge is 0.251 e. The maximum absolute atomic E-state index is 12.2. The van der Waals surface area contributed by atoms with Crippen molar-refractivity contribution in [2.24, 2.45) is 0 Å². The number of carbonyl (C=O) groups is 2. The van der Waals surface area contributed by atoms with Gasteiger partial charge in [0.15, 0.2) is 5.78 Å². The van der Waals surface area contributed by atoms with Gasteiger partial charge >= 0.3 is 0 Å². The zero-order valence-corrected chi connectivity index (χ0v) is 14.9. The van der Waals surface area contributed by atoms with Gasteiger partial charge in [-0.2, -0.15) is 0 Å². The van der Waals surface area contributed by atoms with Crippen LogP contribution in [0.2, 0.25) is 0 Å². The molecule has 0 aliphatic carbocycles. The lowest BCUT2D eigenvalue weighted by atomic mass is 10.1. The summed E-state index contributed by atoms with van der Waals surface area (Å²) in [5, 5.41) is 6.03. The van der Waals surface area contributed by atoms with Crippen molar-refractivity contribution in [2.75, 3.05) is 32.5 Å². The number of nitrogens with zero attached hydrogens (tertiary/aromatic N) is 2. The van der Waals surface area contributed by atoms with Gasteiger partial charge < -0.3 is 15.5 Å². The predicted octanol–water partition coefficient (Wildman–Crippen LogP) is 2.71. The third-order valence-electron chi connectivity index (χ3n) is 3.63. The van der Waals surface area contributed by atoms with Crippen LogP contribution in [0.1, 0.15) is 34.1 Å². The summed E-state index contributed by atoms with van der Waals surface area (Å²) < 4.78 is 0. The fourth-order valence-electron chi connectivity index (χ4n) is 2.30. The van der Waals surface area contributed by atoms with Crippen LogP contribution in [0.4, 0.5) is 11.5 Å². The molecule has 1 amide bonds. The second-order valence-electron chi connectivity index (χ2n) is 6.10. The zero-order valence-electron chi connectivity index (χ0n) is 14.9. The molecular formula is C19H24N4O2. The molecule has 6 nitrogen and oxygen atoms in total. The van der Waals surface area contributed by atoms with E-state index in [1.54, 1.807) is 36.5 Å². The first kappa shape index (κ1) is 18.6. The van der Waals surface area contributed by atoms with Gasteiger partial charge in [0.1, 0.15) is 5.82 Å². The van der Waals surface area contributed by atoms with Gasteiger partial charge in [-0.25, -0.2) is 4.98 Å². The Labute approximate surface area is 148 Å². The number of pyridine rings is 1. The summed E-state index contributed by atoms with van der Waals surface area (Å²) in [5.41, 5.74) is 1.92. The number of Topliss-reactive ketones (excluding diaryl/α,β-unsaturated/α-hetero) is 1. The minimum atomic E-state index is -0.123. The minimum absolute atomic E-state index is 0.00228. The Kier molecular flexibility index (Phi) is 6.65. The molecule has 0 fully saturated rings. The third kappa shape index (κ3) is 6.00. The first-order valence-electron chi connectivity index (χ1n) is 8.22. The van der Waals surface area contributed by atoms with Crippen LogP contribution in [0.5, 0.6) is 0 Å². The monoisotopic (exact) mass is 340 g/mol. The number of nitrogens with one attached hydrogen (secondary N) is 2. The molecule has 0 unspecified atom stereocenters. The van der Waals surface area contributed by atoms with Crippen LogP contribution < -0.4 is 10.6 Å². The summed E-state index contributed by atoms with van der Waals surface area (Å²) in [6, 6.07) is 10.6. The number of rotatable bonds is 8.